The minimum absolute atomic E-state index is 0.00645. The van der Waals surface area contributed by atoms with E-state index in [1.807, 2.05) is 13.8 Å². The zero-order valence-corrected chi connectivity index (χ0v) is 62.5. The highest BCUT2D eigenvalue weighted by molar-refractivity contribution is 5.76. The van der Waals surface area contributed by atoms with Crippen molar-refractivity contribution in [2.75, 3.05) is 98.9 Å². The van der Waals surface area contributed by atoms with E-state index >= 15 is 0 Å². The molecule has 0 aliphatic carbocycles. The largest absolute Gasteiger partial charge is 0.394 e. The molecule has 0 aromatic carbocycles. The molecule has 0 radical (unpaired) electrons. The van der Waals surface area contributed by atoms with Gasteiger partial charge in [-0.1, -0.05) is 182 Å². The second-order valence-electron chi connectivity index (χ2n) is 28.8. The molecule has 27 nitrogen and oxygen atoms in total. The highest BCUT2D eigenvalue weighted by Gasteiger charge is 2.46. The number of aliphatic hydroxyl groups excluding tert-OH is 9. The number of ether oxygens (including phenoxy) is 9. The lowest BCUT2D eigenvalue weighted by Crippen LogP contribution is -2.64. The molecule has 3 heterocycles. The van der Waals surface area contributed by atoms with Gasteiger partial charge in [0.2, 0.25) is 23.6 Å². The summed E-state index contributed by atoms with van der Waals surface area (Å²) in [5, 5.41) is 105. The molecular weight excluding hydrogens is 1310 g/mol. The third-order valence-electron chi connectivity index (χ3n) is 19.3. The van der Waals surface area contributed by atoms with Crippen LogP contribution in [0.3, 0.4) is 0 Å². The molecule has 3 aliphatic rings. The van der Waals surface area contributed by atoms with Crippen molar-refractivity contribution in [1.82, 2.24) is 26.6 Å². The van der Waals surface area contributed by atoms with Crippen molar-refractivity contribution in [2.45, 2.75) is 338 Å². The Morgan fingerprint density at radius 1 is 0.376 bits per heavy atom. The SMILES string of the molecule is CC(=O)N[C@H]1C(O)[C@@H](O)C(CO)O[C@H]1OCCCCCCCCCCCCNC(=O)CCOCC(COCCC(=O)NCCCCCCCCCCCCO[C@@H]1OC(CO)[C@H](O)C(O)[C@@H]1C)(COCCC(=O)NCCCCCCCCCCCCO[C@@H]1OC(CO)[C@H](O)C(O)[C@@H]1C)NC(C)C. The summed E-state index contributed by atoms with van der Waals surface area (Å²) in [6.07, 6.45) is 20.3. The minimum Gasteiger partial charge on any atom is -0.394 e. The van der Waals surface area contributed by atoms with Gasteiger partial charge in [0.25, 0.3) is 0 Å². The smallest absolute Gasteiger partial charge is 0.222 e. The van der Waals surface area contributed by atoms with Crippen molar-refractivity contribution in [2.24, 2.45) is 11.8 Å². The third-order valence-corrected chi connectivity index (χ3v) is 19.3. The van der Waals surface area contributed by atoms with Gasteiger partial charge in [-0.25, -0.2) is 0 Å². The van der Waals surface area contributed by atoms with E-state index in [9.17, 15) is 65.1 Å². The number of carbonyl (C=O) groups is 4. The Labute approximate surface area is 604 Å². The van der Waals surface area contributed by atoms with E-state index in [1.54, 1.807) is 13.8 Å². The van der Waals surface area contributed by atoms with E-state index in [4.69, 9.17) is 42.6 Å². The Bertz CT molecular complexity index is 1990. The van der Waals surface area contributed by atoms with E-state index in [0.29, 0.717) is 39.5 Å². The van der Waals surface area contributed by atoms with Crippen LogP contribution >= 0.6 is 0 Å². The summed E-state index contributed by atoms with van der Waals surface area (Å²) in [5.74, 6) is -1.41. The zero-order chi connectivity index (χ0) is 73.9. The third kappa shape index (κ3) is 40.6. The number of rotatable bonds is 63. The lowest BCUT2D eigenvalue weighted by Gasteiger charge is -2.42. The second kappa shape index (κ2) is 57.3. The normalized spacial score (nSPS) is 26.0. The molecule has 0 aromatic rings. The van der Waals surface area contributed by atoms with Crippen molar-refractivity contribution < 1.29 is 108 Å². The number of aliphatic hydroxyl groups is 9. The van der Waals surface area contributed by atoms with Crippen LogP contribution in [0.25, 0.3) is 0 Å². The van der Waals surface area contributed by atoms with Crippen molar-refractivity contribution in [3.05, 3.63) is 0 Å². The van der Waals surface area contributed by atoms with E-state index in [0.717, 1.165) is 167 Å². The van der Waals surface area contributed by atoms with Crippen molar-refractivity contribution in [1.29, 1.82) is 0 Å². The predicted octanol–water partition coefficient (Wildman–Crippen LogP) is 5.14. The maximum atomic E-state index is 12.9. The van der Waals surface area contributed by atoms with E-state index in [1.165, 1.54) is 32.6 Å². The maximum absolute atomic E-state index is 12.9. The molecule has 0 aromatic heterocycles. The molecule has 27 heteroatoms. The maximum Gasteiger partial charge on any atom is 0.222 e. The summed E-state index contributed by atoms with van der Waals surface area (Å²) < 4.78 is 52.9. The Morgan fingerprint density at radius 3 is 0.931 bits per heavy atom. The van der Waals surface area contributed by atoms with Crippen LogP contribution in [0.5, 0.6) is 0 Å². The molecule has 4 amide bonds. The first-order valence-corrected chi connectivity index (χ1v) is 39.1. The van der Waals surface area contributed by atoms with Crippen LogP contribution in [0.1, 0.15) is 247 Å². The number of hydrogen-bond acceptors (Lipinski definition) is 23. The number of carbonyl (C=O) groups excluding carboxylic acids is 4. The Morgan fingerprint density at radius 2 is 0.644 bits per heavy atom. The molecule has 14 N–H and O–H groups in total. The fraction of sp³-hybridized carbons (Fsp3) is 0.946. The molecule has 6 unspecified atom stereocenters. The van der Waals surface area contributed by atoms with Gasteiger partial charge >= 0.3 is 0 Å². The van der Waals surface area contributed by atoms with Gasteiger partial charge < -0.3 is 115 Å². The molecule has 0 bridgehead atoms. The fourth-order valence-electron chi connectivity index (χ4n) is 13.1. The molecule has 0 spiro atoms. The summed E-state index contributed by atoms with van der Waals surface area (Å²) in [7, 11) is 0. The second-order valence-corrected chi connectivity index (χ2v) is 28.8. The molecule has 0 saturated carbocycles. The standard InChI is InChI=1S/C74H141N5O22/c1-54(2)79-74(51-93-45-36-61(84)75-39-30-24-18-12-6-9-15-21-27-33-42-96-71-55(3)65(87)67(89)58(48-80)99-71,52-94-46-37-62(85)76-40-31-25-19-13-7-10-16-22-28-34-43-97-72-56(4)66(88)68(90)59(49-81)100-72)53-95-47-38-63(86)77-41-32-26-20-14-8-11-17-23-29-35-44-98-73-64(78-57(5)83)70(92)69(91)60(50-82)101-73/h54-56,58-60,64-73,79-82,87-92H,6-53H2,1-5H3,(H,75,84)(H,76,85)(H,77,86)(H,78,83)/t55-,56-,58?,59?,60?,64-,65?,66?,67-,68-,69-,70?,71+,72+,73+,74?/m0/s1. The van der Waals surface area contributed by atoms with Crippen LogP contribution in [0, 0.1) is 11.8 Å². The molecule has 3 aliphatic heterocycles. The summed E-state index contributed by atoms with van der Waals surface area (Å²) >= 11 is 0. The number of unbranched alkanes of at least 4 members (excludes halogenated alkanes) is 27. The molecule has 3 rings (SSSR count). The Kier molecular flexibility index (Phi) is 52.4. The average molecular weight is 1450 g/mol. The first-order chi connectivity index (χ1) is 48.8. The van der Waals surface area contributed by atoms with E-state index in [-0.39, 0.29) is 114 Å². The first-order valence-electron chi connectivity index (χ1n) is 39.1. The van der Waals surface area contributed by atoms with Gasteiger partial charge in [-0.15, -0.1) is 0 Å². The van der Waals surface area contributed by atoms with E-state index in [2.05, 4.69) is 26.6 Å². The lowest BCUT2D eigenvalue weighted by atomic mass is 9.92. The van der Waals surface area contributed by atoms with Gasteiger partial charge in [0.1, 0.15) is 48.8 Å². The highest BCUT2D eigenvalue weighted by Crippen LogP contribution is 2.29. The van der Waals surface area contributed by atoms with Crippen LogP contribution < -0.4 is 26.6 Å². The fourth-order valence-corrected chi connectivity index (χ4v) is 13.1. The zero-order valence-electron chi connectivity index (χ0n) is 62.5. The lowest BCUT2D eigenvalue weighted by molar-refractivity contribution is -0.282. The topological polar surface area (TPSA) is 394 Å². The van der Waals surface area contributed by atoms with E-state index < -0.39 is 92.0 Å². The van der Waals surface area contributed by atoms with Crippen LogP contribution in [-0.2, 0) is 61.8 Å². The minimum atomic E-state index is -1.34. The van der Waals surface area contributed by atoms with Gasteiger partial charge in [-0.05, 0) is 38.5 Å². The summed E-state index contributed by atoms with van der Waals surface area (Å²) in [6.45, 7) is 11.9. The Balaban J connectivity index is 1.29. The molecular formula is C74H141N5O22. The molecule has 594 valence electrons. The van der Waals surface area contributed by atoms with Crippen molar-refractivity contribution in [3.8, 4) is 0 Å². The average Bonchev–Trinajstić information content (AvgIpc) is 0.825. The van der Waals surface area contributed by atoms with Crippen molar-refractivity contribution in [3.63, 3.8) is 0 Å². The monoisotopic (exact) mass is 1450 g/mol. The molecule has 15 atom stereocenters. The number of amides is 4. The van der Waals surface area contributed by atoms with Crippen LogP contribution in [0.4, 0.5) is 0 Å². The predicted molar refractivity (Wildman–Crippen MR) is 382 cm³/mol. The highest BCUT2D eigenvalue weighted by atomic mass is 16.7. The summed E-state index contributed by atoms with van der Waals surface area (Å²) in [6, 6.07) is -0.934. The van der Waals surface area contributed by atoms with Crippen molar-refractivity contribution >= 4 is 23.6 Å². The summed E-state index contributed by atoms with van der Waals surface area (Å²) in [5.41, 5.74) is -0.826. The van der Waals surface area contributed by atoms with Crippen LogP contribution in [0.15, 0.2) is 0 Å². The van der Waals surface area contributed by atoms with Gasteiger partial charge in [0, 0.05) is 83.5 Å². The van der Waals surface area contributed by atoms with Gasteiger partial charge in [-0.3, -0.25) is 19.2 Å². The van der Waals surface area contributed by atoms with Crippen LogP contribution in [-0.4, -0.2) is 260 Å². The number of hydrogen-bond donors (Lipinski definition) is 14. The Hall–Kier alpha value is -2.88. The first kappa shape index (κ1) is 92.3. The van der Waals surface area contributed by atoms with Gasteiger partial charge in [0.15, 0.2) is 18.9 Å². The quantitative estimate of drug-likeness (QED) is 0.0351. The molecule has 3 fully saturated rings. The van der Waals surface area contributed by atoms with Gasteiger partial charge in [-0.2, -0.15) is 0 Å². The summed E-state index contributed by atoms with van der Waals surface area (Å²) in [4.78, 5) is 50.3. The molecule has 3 saturated heterocycles. The number of nitrogens with one attached hydrogen (secondary N) is 5. The van der Waals surface area contributed by atoms with Crippen LogP contribution in [0.2, 0.25) is 0 Å². The molecule has 101 heavy (non-hydrogen) atoms. The van der Waals surface area contributed by atoms with Gasteiger partial charge in [0.05, 0.1) is 77.2 Å².